The fourth-order valence-corrected chi connectivity index (χ4v) is 5.12. The van der Waals surface area contributed by atoms with Gasteiger partial charge in [0.1, 0.15) is 0 Å². The van der Waals surface area contributed by atoms with E-state index in [4.69, 9.17) is 9.47 Å². The SMILES string of the molecule is CC(=O)N1CCCN(Cc2ccccn2)CCCN(C(=O)Cc2ccc3c(c2)OCO3)Cc2ccccc21. The maximum Gasteiger partial charge on any atom is 0.231 e. The van der Waals surface area contributed by atoms with Crippen LogP contribution in [0.1, 0.15) is 36.6 Å². The van der Waals surface area contributed by atoms with Crippen LogP contribution in [0.15, 0.2) is 66.9 Å². The molecule has 8 nitrogen and oxygen atoms in total. The molecule has 2 aromatic carbocycles. The Balaban J connectivity index is 1.38. The van der Waals surface area contributed by atoms with Gasteiger partial charge in [-0.2, -0.15) is 0 Å². The van der Waals surface area contributed by atoms with Crippen molar-refractivity contribution in [1.29, 1.82) is 0 Å². The molecular formula is C30H34N4O4. The van der Waals surface area contributed by atoms with Crippen LogP contribution < -0.4 is 14.4 Å². The monoisotopic (exact) mass is 514 g/mol. The molecule has 0 saturated carbocycles. The van der Waals surface area contributed by atoms with E-state index in [9.17, 15) is 9.59 Å². The van der Waals surface area contributed by atoms with E-state index < -0.39 is 0 Å². The molecule has 0 spiro atoms. The Morgan fingerprint density at radius 1 is 0.895 bits per heavy atom. The highest BCUT2D eigenvalue weighted by molar-refractivity contribution is 5.92. The number of hydrogen-bond donors (Lipinski definition) is 0. The molecule has 2 aliphatic rings. The number of carbonyl (C=O) groups excluding carboxylic acids is 2. The van der Waals surface area contributed by atoms with Crippen LogP contribution in [0.4, 0.5) is 5.69 Å². The number of carbonyl (C=O) groups is 2. The summed E-state index contributed by atoms with van der Waals surface area (Å²) in [5.74, 6) is 1.43. The van der Waals surface area contributed by atoms with Crippen molar-refractivity contribution >= 4 is 17.5 Å². The van der Waals surface area contributed by atoms with Crippen LogP contribution in [0.5, 0.6) is 11.5 Å². The molecule has 5 rings (SSSR count). The van der Waals surface area contributed by atoms with E-state index in [1.54, 1.807) is 6.92 Å². The lowest BCUT2D eigenvalue weighted by molar-refractivity contribution is -0.131. The van der Waals surface area contributed by atoms with Crippen LogP contribution in [-0.2, 0) is 29.1 Å². The van der Waals surface area contributed by atoms with Crippen LogP contribution in [0.3, 0.4) is 0 Å². The fraction of sp³-hybridized carbons (Fsp3) is 0.367. The van der Waals surface area contributed by atoms with E-state index in [0.29, 0.717) is 31.1 Å². The first kappa shape index (κ1) is 25.7. The number of benzene rings is 2. The van der Waals surface area contributed by atoms with Gasteiger partial charge in [0.25, 0.3) is 0 Å². The van der Waals surface area contributed by atoms with E-state index in [2.05, 4.69) is 9.88 Å². The molecular weight excluding hydrogens is 480 g/mol. The molecule has 0 aliphatic carbocycles. The lowest BCUT2D eigenvalue weighted by Gasteiger charge is -2.31. The van der Waals surface area contributed by atoms with Gasteiger partial charge in [-0.3, -0.25) is 19.5 Å². The Kier molecular flexibility index (Phi) is 8.19. The number of hydrogen-bond acceptors (Lipinski definition) is 6. The molecule has 2 aliphatic heterocycles. The van der Waals surface area contributed by atoms with Crippen LogP contribution in [0.25, 0.3) is 0 Å². The second kappa shape index (κ2) is 12.1. The summed E-state index contributed by atoms with van der Waals surface area (Å²) in [7, 11) is 0. The second-order valence-electron chi connectivity index (χ2n) is 9.78. The number of para-hydroxylation sites is 1. The molecule has 0 unspecified atom stereocenters. The molecule has 0 bridgehead atoms. The molecule has 0 atom stereocenters. The third-order valence-corrected chi connectivity index (χ3v) is 7.04. The van der Waals surface area contributed by atoms with Gasteiger partial charge in [-0.15, -0.1) is 0 Å². The quantitative estimate of drug-likeness (QED) is 0.523. The lowest BCUT2D eigenvalue weighted by Crippen LogP contribution is -2.38. The Hall–Kier alpha value is -3.91. The van der Waals surface area contributed by atoms with Crippen molar-refractivity contribution in [2.75, 3.05) is 37.9 Å². The first-order chi connectivity index (χ1) is 18.6. The number of rotatable bonds is 4. The van der Waals surface area contributed by atoms with Crippen molar-refractivity contribution in [2.45, 2.75) is 39.3 Å². The van der Waals surface area contributed by atoms with Gasteiger partial charge < -0.3 is 19.3 Å². The predicted octanol–water partition coefficient (Wildman–Crippen LogP) is 4.03. The summed E-state index contributed by atoms with van der Waals surface area (Å²) in [6.45, 7) is 5.92. The van der Waals surface area contributed by atoms with Crippen molar-refractivity contribution in [3.63, 3.8) is 0 Å². The average molecular weight is 515 g/mol. The van der Waals surface area contributed by atoms with Gasteiger partial charge in [-0.25, -0.2) is 0 Å². The number of aromatic nitrogens is 1. The van der Waals surface area contributed by atoms with Gasteiger partial charge >= 0.3 is 0 Å². The molecule has 2 amide bonds. The summed E-state index contributed by atoms with van der Waals surface area (Å²) in [4.78, 5) is 37.0. The molecule has 0 radical (unpaired) electrons. The number of fused-ring (bicyclic) bond motifs is 2. The molecule has 198 valence electrons. The summed E-state index contributed by atoms with van der Waals surface area (Å²) < 4.78 is 10.9. The summed E-state index contributed by atoms with van der Waals surface area (Å²) in [6, 6.07) is 19.5. The largest absolute Gasteiger partial charge is 0.454 e. The fourth-order valence-electron chi connectivity index (χ4n) is 5.12. The topological polar surface area (TPSA) is 75.2 Å². The van der Waals surface area contributed by atoms with E-state index in [1.807, 2.05) is 76.7 Å². The Morgan fingerprint density at radius 2 is 1.68 bits per heavy atom. The standard InChI is InChI=1S/C30H34N4O4/c1-23(35)34-17-7-15-32(21-26-9-4-5-13-31-26)14-6-16-33(20-25-8-2-3-10-27(25)34)30(36)19-24-11-12-28-29(18-24)38-22-37-28/h2-5,8-13,18H,6-7,14-17,19-22H2,1H3. The minimum atomic E-state index is 0.00372. The number of amides is 2. The highest BCUT2D eigenvalue weighted by atomic mass is 16.7. The van der Waals surface area contributed by atoms with Crippen molar-refractivity contribution < 1.29 is 19.1 Å². The summed E-state index contributed by atoms with van der Waals surface area (Å²) in [5, 5.41) is 0. The van der Waals surface area contributed by atoms with E-state index in [-0.39, 0.29) is 25.0 Å². The number of ether oxygens (including phenoxy) is 2. The third kappa shape index (κ3) is 6.31. The number of anilines is 1. The van der Waals surface area contributed by atoms with Crippen molar-refractivity contribution in [3.05, 3.63) is 83.7 Å². The normalized spacial score (nSPS) is 16.3. The predicted molar refractivity (Wildman–Crippen MR) is 145 cm³/mol. The molecule has 38 heavy (non-hydrogen) atoms. The Morgan fingerprint density at radius 3 is 2.50 bits per heavy atom. The Labute approximate surface area is 223 Å². The second-order valence-corrected chi connectivity index (χ2v) is 9.78. The Bertz CT molecular complexity index is 1270. The van der Waals surface area contributed by atoms with Crippen LogP contribution in [0, 0.1) is 0 Å². The minimum Gasteiger partial charge on any atom is -0.454 e. The van der Waals surface area contributed by atoms with Crippen LogP contribution >= 0.6 is 0 Å². The molecule has 0 fully saturated rings. The summed E-state index contributed by atoms with van der Waals surface area (Å²) >= 11 is 0. The van der Waals surface area contributed by atoms with Gasteiger partial charge in [0, 0.05) is 58.1 Å². The maximum atomic E-state index is 13.6. The van der Waals surface area contributed by atoms with E-state index >= 15 is 0 Å². The third-order valence-electron chi connectivity index (χ3n) is 7.04. The van der Waals surface area contributed by atoms with E-state index in [0.717, 1.165) is 55.0 Å². The molecule has 1 aromatic heterocycles. The first-order valence-corrected chi connectivity index (χ1v) is 13.2. The average Bonchev–Trinajstić information content (AvgIpc) is 3.38. The van der Waals surface area contributed by atoms with E-state index in [1.165, 1.54) is 0 Å². The zero-order valence-electron chi connectivity index (χ0n) is 21.8. The number of pyridine rings is 1. The van der Waals surface area contributed by atoms with Gasteiger partial charge in [-0.05, 0) is 54.3 Å². The number of nitrogens with zero attached hydrogens (tertiary/aromatic N) is 4. The van der Waals surface area contributed by atoms with Crippen molar-refractivity contribution in [1.82, 2.24) is 14.8 Å². The van der Waals surface area contributed by atoms with Gasteiger partial charge in [0.2, 0.25) is 18.6 Å². The van der Waals surface area contributed by atoms with Crippen molar-refractivity contribution in [3.8, 4) is 11.5 Å². The molecule has 8 heteroatoms. The highest BCUT2D eigenvalue weighted by Gasteiger charge is 2.22. The molecule has 0 N–H and O–H groups in total. The van der Waals surface area contributed by atoms with Crippen molar-refractivity contribution in [2.24, 2.45) is 0 Å². The van der Waals surface area contributed by atoms with Gasteiger partial charge in [-0.1, -0.05) is 30.3 Å². The lowest BCUT2D eigenvalue weighted by atomic mass is 10.1. The molecule has 0 saturated heterocycles. The highest BCUT2D eigenvalue weighted by Crippen LogP contribution is 2.33. The first-order valence-electron chi connectivity index (χ1n) is 13.2. The summed E-state index contributed by atoms with van der Waals surface area (Å²) in [5.41, 5.74) is 3.76. The zero-order valence-corrected chi connectivity index (χ0v) is 21.8. The molecule has 3 aromatic rings. The summed E-state index contributed by atoms with van der Waals surface area (Å²) in [6.07, 6.45) is 3.79. The minimum absolute atomic E-state index is 0.00372. The van der Waals surface area contributed by atoms with Crippen LogP contribution in [-0.4, -0.2) is 59.6 Å². The van der Waals surface area contributed by atoms with Gasteiger partial charge in [0.05, 0.1) is 12.1 Å². The zero-order chi connectivity index (χ0) is 26.3. The van der Waals surface area contributed by atoms with Gasteiger partial charge in [0.15, 0.2) is 11.5 Å². The van der Waals surface area contributed by atoms with Crippen LogP contribution in [0.2, 0.25) is 0 Å². The molecule has 3 heterocycles. The smallest absolute Gasteiger partial charge is 0.231 e. The maximum absolute atomic E-state index is 13.6.